The van der Waals surface area contributed by atoms with Crippen LogP contribution in [0.25, 0.3) is 0 Å². The lowest BCUT2D eigenvalue weighted by Gasteiger charge is -2.16. The van der Waals surface area contributed by atoms with Crippen LogP contribution in [-0.4, -0.2) is 6.54 Å². The van der Waals surface area contributed by atoms with E-state index in [0.717, 1.165) is 0 Å². The van der Waals surface area contributed by atoms with E-state index in [1.807, 2.05) is 6.07 Å². The van der Waals surface area contributed by atoms with Crippen molar-refractivity contribution in [2.45, 2.75) is 12.5 Å². The monoisotopic (exact) mass is 203 g/mol. The quantitative estimate of drug-likeness (QED) is 0.573. The Bertz CT molecular complexity index is 365. The summed E-state index contributed by atoms with van der Waals surface area (Å²) in [6.07, 6.45) is 7.56. The van der Waals surface area contributed by atoms with Gasteiger partial charge in [-0.15, -0.1) is 13.0 Å². The second kappa shape index (κ2) is 6.00. The molecule has 0 aliphatic heterocycles. The van der Waals surface area contributed by atoms with Crippen LogP contribution in [0.3, 0.4) is 0 Å². The van der Waals surface area contributed by atoms with Gasteiger partial charge in [-0.1, -0.05) is 30.2 Å². The summed E-state index contributed by atoms with van der Waals surface area (Å²) in [4.78, 5) is 0. The van der Waals surface area contributed by atoms with Crippen LogP contribution in [0.15, 0.2) is 36.9 Å². The van der Waals surface area contributed by atoms with Crippen molar-refractivity contribution < 1.29 is 4.39 Å². The van der Waals surface area contributed by atoms with Crippen molar-refractivity contribution in [3.63, 3.8) is 0 Å². The highest BCUT2D eigenvalue weighted by Gasteiger charge is 2.12. The standard InChI is InChI=1S/C13H14FN/c1-3-7-13(15-10-4-2)11-8-5-6-9-12(11)14/h2-3,5-6,8-9,13,15H,1,7,10H2. The molecule has 78 valence electrons. The molecule has 1 nitrogen and oxygen atoms in total. The normalized spacial score (nSPS) is 11.7. The summed E-state index contributed by atoms with van der Waals surface area (Å²) in [5.41, 5.74) is 0.632. The third-order valence-corrected chi connectivity index (χ3v) is 2.13. The number of hydrogen-bond acceptors (Lipinski definition) is 1. The zero-order valence-corrected chi connectivity index (χ0v) is 8.54. The smallest absolute Gasteiger partial charge is 0.127 e. The SMILES string of the molecule is C#CCNC(CC=C)c1ccccc1F. The van der Waals surface area contributed by atoms with E-state index in [1.54, 1.807) is 18.2 Å². The van der Waals surface area contributed by atoms with Gasteiger partial charge in [0.2, 0.25) is 0 Å². The Morgan fingerprint density at radius 2 is 2.27 bits per heavy atom. The van der Waals surface area contributed by atoms with Gasteiger partial charge >= 0.3 is 0 Å². The number of nitrogens with one attached hydrogen (secondary N) is 1. The van der Waals surface area contributed by atoms with E-state index in [4.69, 9.17) is 6.42 Å². The highest BCUT2D eigenvalue weighted by atomic mass is 19.1. The molecule has 15 heavy (non-hydrogen) atoms. The van der Waals surface area contributed by atoms with Crippen LogP contribution in [0.4, 0.5) is 4.39 Å². The highest BCUT2D eigenvalue weighted by Crippen LogP contribution is 2.19. The van der Waals surface area contributed by atoms with Gasteiger partial charge in [0.05, 0.1) is 6.54 Å². The third-order valence-electron chi connectivity index (χ3n) is 2.13. The van der Waals surface area contributed by atoms with Crippen LogP contribution in [0.5, 0.6) is 0 Å². The topological polar surface area (TPSA) is 12.0 Å². The van der Waals surface area contributed by atoms with Gasteiger partial charge < -0.3 is 0 Å². The number of benzene rings is 1. The maximum atomic E-state index is 13.5. The average molecular weight is 203 g/mol. The summed E-state index contributed by atoms with van der Waals surface area (Å²) in [6, 6.07) is 6.59. The molecule has 2 heteroatoms. The molecule has 0 saturated carbocycles. The van der Waals surface area contributed by atoms with Crippen molar-refractivity contribution in [2.75, 3.05) is 6.54 Å². The van der Waals surface area contributed by atoms with Crippen LogP contribution in [0, 0.1) is 18.2 Å². The van der Waals surface area contributed by atoms with Gasteiger partial charge in [-0.3, -0.25) is 5.32 Å². The first-order chi connectivity index (χ1) is 7.29. The molecule has 0 spiro atoms. The molecule has 1 unspecified atom stereocenters. The number of hydrogen-bond donors (Lipinski definition) is 1. The van der Waals surface area contributed by atoms with E-state index >= 15 is 0 Å². The molecular formula is C13H14FN. The van der Waals surface area contributed by atoms with Crippen LogP contribution in [-0.2, 0) is 0 Å². The molecule has 0 amide bonds. The Hall–Kier alpha value is -1.59. The minimum Gasteiger partial charge on any atom is -0.299 e. The highest BCUT2D eigenvalue weighted by molar-refractivity contribution is 5.22. The molecule has 0 aliphatic rings. The van der Waals surface area contributed by atoms with Gasteiger partial charge in [-0.05, 0) is 12.5 Å². The molecule has 1 aromatic rings. The largest absolute Gasteiger partial charge is 0.299 e. The summed E-state index contributed by atoms with van der Waals surface area (Å²) in [5, 5.41) is 3.08. The summed E-state index contributed by atoms with van der Waals surface area (Å²) in [6.45, 7) is 4.07. The molecule has 0 heterocycles. The van der Waals surface area contributed by atoms with Gasteiger partial charge in [0.1, 0.15) is 5.82 Å². The fourth-order valence-corrected chi connectivity index (χ4v) is 1.43. The Kier molecular flexibility index (Phi) is 4.59. The van der Waals surface area contributed by atoms with E-state index in [9.17, 15) is 4.39 Å². The first-order valence-corrected chi connectivity index (χ1v) is 4.81. The Morgan fingerprint density at radius 1 is 1.53 bits per heavy atom. The van der Waals surface area contributed by atoms with E-state index in [-0.39, 0.29) is 11.9 Å². The van der Waals surface area contributed by atoms with Gasteiger partial charge in [-0.25, -0.2) is 4.39 Å². The van der Waals surface area contributed by atoms with Crippen LogP contribution in [0.1, 0.15) is 18.0 Å². The minimum absolute atomic E-state index is 0.0975. The summed E-state index contributed by atoms with van der Waals surface area (Å²) in [5.74, 6) is 2.26. The van der Waals surface area contributed by atoms with E-state index in [0.29, 0.717) is 18.5 Å². The lowest BCUT2D eigenvalue weighted by Crippen LogP contribution is -2.22. The van der Waals surface area contributed by atoms with Crippen LogP contribution < -0.4 is 5.32 Å². The van der Waals surface area contributed by atoms with E-state index in [2.05, 4.69) is 17.8 Å². The minimum atomic E-state index is -0.214. The second-order valence-corrected chi connectivity index (χ2v) is 3.18. The maximum Gasteiger partial charge on any atom is 0.127 e. The van der Waals surface area contributed by atoms with E-state index in [1.165, 1.54) is 6.07 Å². The predicted octanol–water partition coefficient (Wildman–Crippen LogP) is 2.67. The second-order valence-electron chi connectivity index (χ2n) is 3.18. The number of halogens is 1. The molecule has 0 aromatic heterocycles. The maximum absolute atomic E-state index is 13.5. The fourth-order valence-electron chi connectivity index (χ4n) is 1.43. The van der Waals surface area contributed by atoms with Crippen molar-refractivity contribution in [1.29, 1.82) is 0 Å². The molecule has 1 atom stereocenters. The molecule has 0 saturated heterocycles. The summed E-state index contributed by atoms with van der Waals surface area (Å²) >= 11 is 0. The van der Waals surface area contributed by atoms with Crippen molar-refractivity contribution in [3.8, 4) is 12.3 Å². The molecule has 1 aromatic carbocycles. The molecule has 1 rings (SSSR count). The van der Waals surface area contributed by atoms with Gasteiger partial charge in [-0.2, -0.15) is 0 Å². The van der Waals surface area contributed by atoms with Crippen LogP contribution >= 0.6 is 0 Å². The molecular weight excluding hydrogens is 189 g/mol. The van der Waals surface area contributed by atoms with Crippen molar-refractivity contribution in [2.24, 2.45) is 0 Å². The van der Waals surface area contributed by atoms with Gasteiger partial charge in [0, 0.05) is 11.6 Å². The molecule has 0 aliphatic carbocycles. The lowest BCUT2D eigenvalue weighted by atomic mass is 10.0. The predicted molar refractivity (Wildman–Crippen MR) is 60.8 cm³/mol. The van der Waals surface area contributed by atoms with Crippen molar-refractivity contribution >= 4 is 0 Å². The summed E-state index contributed by atoms with van der Waals surface area (Å²) < 4.78 is 13.5. The number of rotatable bonds is 5. The number of terminal acetylenes is 1. The lowest BCUT2D eigenvalue weighted by molar-refractivity contribution is 0.528. The zero-order chi connectivity index (χ0) is 11.1. The first kappa shape index (κ1) is 11.5. The average Bonchev–Trinajstić information content (AvgIpc) is 2.25. The molecule has 1 N–H and O–H groups in total. The Morgan fingerprint density at radius 3 is 2.87 bits per heavy atom. The summed E-state index contributed by atoms with van der Waals surface area (Å²) in [7, 11) is 0. The molecule has 0 bridgehead atoms. The Balaban J connectivity index is 2.84. The first-order valence-electron chi connectivity index (χ1n) is 4.81. The molecule has 0 fully saturated rings. The van der Waals surface area contributed by atoms with Gasteiger partial charge in [0.25, 0.3) is 0 Å². The third kappa shape index (κ3) is 3.23. The molecule has 0 radical (unpaired) electrons. The fraction of sp³-hybridized carbons (Fsp3) is 0.231. The van der Waals surface area contributed by atoms with Crippen molar-refractivity contribution in [1.82, 2.24) is 5.32 Å². The van der Waals surface area contributed by atoms with Crippen LogP contribution in [0.2, 0.25) is 0 Å². The van der Waals surface area contributed by atoms with E-state index < -0.39 is 0 Å². The zero-order valence-electron chi connectivity index (χ0n) is 8.54. The Labute approximate surface area is 90.0 Å². The van der Waals surface area contributed by atoms with Gasteiger partial charge in [0.15, 0.2) is 0 Å². The van der Waals surface area contributed by atoms with Crippen molar-refractivity contribution in [3.05, 3.63) is 48.3 Å².